The van der Waals surface area contributed by atoms with Crippen LogP contribution in [0.5, 0.6) is 5.75 Å². The van der Waals surface area contributed by atoms with Gasteiger partial charge in [-0.2, -0.15) is 0 Å². The molecule has 0 aliphatic heterocycles. The molecule has 0 spiro atoms. The summed E-state index contributed by atoms with van der Waals surface area (Å²) < 4.78 is 5.49. The molecule has 0 radical (unpaired) electrons. The van der Waals surface area contributed by atoms with E-state index in [1.54, 1.807) is 18.3 Å². The number of benzene rings is 1. The molecule has 1 aromatic heterocycles. The summed E-state index contributed by atoms with van der Waals surface area (Å²) in [4.78, 5) is 16.0. The number of carbonyl (C=O) groups excluding carboxylic acids is 1. The first kappa shape index (κ1) is 14.8. The number of nitrogens with one attached hydrogen (secondary N) is 1. The minimum absolute atomic E-state index is 0.0722. The number of aromatic nitrogens is 1. The van der Waals surface area contributed by atoms with E-state index < -0.39 is 0 Å². The van der Waals surface area contributed by atoms with Gasteiger partial charge < -0.3 is 15.8 Å². The van der Waals surface area contributed by atoms with Crippen molar-refractivity contribution >= 4 is 11.6 Å². The van der Waals surface area contributed by atoms with Crippen LogP contribution in [0.4, 0.5) is 5.69 Å². The number of carbonyl (C=O) groups is 1. The molecule has 21 heavy (non-hydrogen) atoms. The van der Waals surface area contributed by atoms with E-state index in [-0.39, 0.29) is 18.4 Å². The first-order valence-electron chi connectivity index (χ1n) is 6.84. The third-order valence-electron chi connectivity index (χ3n) is 2.96. The van der Waals surface area contributed by atoms with Crippen molar-refractivity contribution in [3.8, 4) is 5.75 Å². The van der Waals surface area contributed by atoms with Gasteiger partial charge in [-0.3, -0.25) is 9.78 Å². The van der Waals surface area contributed by atoms with E-state index in [0.717, 1.165) is 5.69 Å². The predicted molar refractivity (Wildman–Crippen MR) is 81.8 cm³/mol. The summed E-state index contributed by atoms with van der Waals surface area (Å²) in [5, 5.41) is 2.89. The molecule has 0 saturated heterocycles. The van der Waals surface area contributed by atoms with E-state index in [9.17, 15) is 4.79 Å². The fourth-order valence-electron chi connectivity index (χ4n) is 1.89. The number of anilines is 1. The van der Waals surface area contributed by atoms with Gasteiger partial charge in [0.05, 0.1) is 24.8 Å². The Kier molecular flexibility index (Phi) is 5.15. The van der Waals surface area contributed by atoms with E-state index in [2.05, 4.69) is 10.3 Å². The molecule has 1 aromatic carbocycles. The van der Waals surface area contributed by atoms with Crippen LogP contribution in [0.2, 0.25) is 0 Å². The quantitative estimate of drug-likeness (QED) is 0.798. The van der Waals surface area contributed by atoms with Crippen LogP contribution in [-0.2, 0) is 4.79 Å². The second kappa shape index (κ2) is 7.28. The number of ether oxygens (including phenoxy) is 1. The molecule has 1 heterocycles. The normalized spacial score (nSPS) is 11.7. The average molecular weight is 285 g/mol. The van der Waals surface area contributed by atoms with Gasteiger partial charge in [-0.25, -0.2) is 0 Å². The number of amides is 1. The fourth-order valence-corrected chi connectivity index (χ4v) is 1.89. The van der Waals surface area contributed by atoms with Crippen molar-refractivity contribution in [2.24, 2.45) is 0 Å². The zero-order valence-corrected chi connectivity index (χ0v) is 12.0. The van der Waals surface area contributed by atoms with Gasteiger partial charge in [0.2, 0.25) is 5.91 Å². The maximum absolute atomic E-state index is 11.8. The highest BCUT2D eigenvalue weighted by molar-refractivity contribution is 5.76. The zero-order chi connectivity index (χ0) is 15.1. The lowest BCUT2D eigenvalue weighted by atomic mass is 10.2. The fraction of sp³-hybridized carbons (Fsp3) is 0.250. The van der Waals surface area contributed by atoms with Crippen LogP contribution < -0.4 is 15.8 Å². The Bertz CT molecular complexity index is 587. The first-order valence-corrected chi connectivity index (χ1v) is 6.84. The SMILES string of the molecule is CC(NC(=O)CCOc1cccc(N)c1)c1ccccn1. The molecule has 5 nitrogen and oxygen atoms in total. The third kappa shape index (κ3) is 4.80. The summed E-state index contributed by atoms with van der Waals surface area (Å²) in [7, 11) is 0. The summed E-state index contributed by atoms with van der Waals surface area (Å²) in [5.74, 6) is 0.595. The standard InChI is InChI=1S/C16H19N3O2/c1-12(15-7-2-3-9-18-15)19-16(20)8-10-21-14-6-4-5-13(17)11-14/h2-7,9,11-12H,8,10,17H2,1H3,(H,19,20). The van der Waals surface area contributed by atoms with Crippen LogP contribution in [0, 0.1) is 0 Å². The molecule has 2 aromatic rings. The molecule has 0 aliphatic rings. The Balaban J connectivity index is 1.75. The maximum atomic E-state index is 11.8. The van der Waals surface area contributed by atoms with E-state index >= 15 is 0 Å². The minimum atomic E-state index is -0.119. The molecule has 1 atom stereocenters. The van der Waals surface area contributed by atoms with Crippen LogP contribution in [0.1, 0.15) is 25.1 Å². The maximum Gasteiger partial charge on any atom is 0.223 e. The summed E-state index contributed by atoms with van der Waals surface area (Å²) in [5.41, 5.74) is 7.13. The summed E-state index contributed by atoms with van der Waals surface area (Å²) in [6.45, 7) is 2.21. The van der Waals surface area contributed by atoms with E-state index in [4.69, 9.17) is 10.5 Å². The van der Waals surface area contributed by atoms with Crippen LogP contribution in [0.15, 0.2) is 48.7 Å². The molecular formula is C16H19N3O2. The van der Waals surface area contributed by atoms with Crippen molar-refractivity contribution in [1.82, 2.24) is 10.3 Å². The lowest BCUT2D eigenvalue weighted by Gasteiger charge is -2.13. The molecule has 0 fully saturated rings. The van der Waals surface area contributed by atoms with Crippen molar-refractivity contribution < 1.29 is 9.53 Å². The Morgan fingerprint density at radius 3 is 2.90 bits per heavy atom. The number of nitrogens with two attached hydrogens (primary N) is 1. The smallest absolute Gasteiger partial charge is 0.223 e. The molecule has 110 valence electrons. The number of hydrogen-bond acceptors (Lipinski definition) is 4. The highest BCUT2D eigenvalue weighted by Crippen LogP contribution is 2.14. The molecule has 0 aliphatic carbocycles. The van der Waals surface area contributed by atoms with Gasteiger partial charge in [0.25, 0.3) is 0 Å². The second-order valence-corrected chi connectivity index (χ2v) is 4.71. The third-order valence-corrected chi connectivity index (χ3v) is 2.96. The average Bonchev–Trinajstić information content (AvgIpc) is 2.48. The molecule has 2 rings (SSSR count). The van der Waals surface area contributed by atoms with Crippen LogP contribution in [0.3, 0.4) is 0 Å². The van der Waals surface area contributed by atoms with Gasteiger partial charge in [-0.05, 0) is 31.2 Å². The largest absolute Gasteiger partial charge is 0.493 e. The molecular weight excluding hydrogens is 266 g/mol. The van der Waals surface area contributed by atoms with Gasteiger partial charge in [0, 0.05) is 18.0 Å². The van der Waals surface area contributed by atoms with E-state index in [1.807, 2.05) is 37.3 Å². The predicted octanol–water partition coefficient (Wildman–Crippen LogP) is 2.31. The van der Waals surface area contributed by atoms with Gasteiger partial charge in [0.15, 0.2) is 0 Å². The minimum Gasteiger partial charge on any atom is -0.493 e. The highest BCUT2D eigenvalue weighted by atomic mass is 16.5. The molecule has 1 unspecified atom stereocenters. The van der Waals surface area contributed by atoms with Gasteiger partial charge >= 0.3 is 0 Å². The molecule has 3 N–H and O–H groups in total. The van der Waals surface area contributed by atoms with Crippen molar-refractivity contribution in [3.05, 3.63) is 54.4 Å². The Morgan fingerprint density at radius 1 is 1.33 bits per heavy atom. The van der Waals surface area contributed by atoms with Crippen molar-refractivity contribution in [3.63, 3.8) is 0 Å². The Hall–Kier alpha value is -2.56. The molecule has 0 bridgehead atoms. The Morgan fingerprint density at radius 2 is 2.19 bits per heavy atom. The number of hydrogen-bond donors (Lipinski definition) is 2. The van der Waals surface area contributed by atoms with Crippen LogP contribution >= 0.6 is 0 Å². The number of pyridine rings is 1. The lowest BCUT2D eigenvalue weighted by Crippen LogP contribution is -2.28. The highest BCUT2D eigenvalue weighted by Gasteiger charge is 2.10. The van der Waals surface area contributed by atoms with Crippen LogP contribution in [0.25, 0.3) is 0 Å². The molecule has 0 saturated carbocycles. The summed E-state index contributed by atoms with van der Waals surface area (Å²) in [6, 6.07) is 12.6. The second-order valence-electron chi connectivity index (χ2n) is 4.71. The van der Waals surface area contributed by atoms with Gasteiger partial charge in [-0.1, -0.05) is 12.1 Å². The molecule has 5 heteroatoms. The Labute approximate surface area is 124 Å². The first-order chi connectivity index (χ1) is 10.1. The number of nitrogen functional groups attached to an aromatic ring is 1. The zero-order valence-electron chi connectivity index (χ0n) is 12.0. The number of rotatable bonds is 6. The van der Waals surface area contributed by atoms with Gasteiger partial charge in [0.1, 0.15) is 5.75 Å². The van der Waals surface area contributed by atoms with E-state index in [0.29, 0.717) is 18.0 Å². The summed E-state index contributed by atoms with van der Waals surface area (Å²) in [6.07, 6.45) is 1.99. The number of nitrogens with zero attached hydrogens (tertiary/aromatic N) is 1. The van der Waals surface area contributed by atoms with Crippen molar-refractivity contribution in [2.45, 2.75) is 19.4 Å². The summed E-state index contributed by atoms with van der Waals surface area (Å²) >= 11 is 0. The topological polar surface area (TPSA) is 77.2 Å². The van der Waals surface area contributed by atoms with Crippen molar-refractivity contribution in [2.75, 3.05) is 12.3 Å². The van der Waals surface area contributed by atoms with Gasteiger partial charge in [-0.15, -0.1) is 0 Å². The van der Waals surface area contributed by atoms with Crippen molar-refractivity contribution in [1.29, 1.82) is 0 Å². The monoisotopic (exact) mass is 285 g/mol. The van der Waals surface area contributed by atoms with E-state index in [1.165, 1.54) is 0 Å². The lowest BCUT2D eigenvalue weighted by molar-refractivity contribution is -0.122. The van der Waals surface area contributed by atoms with Crippen LogP contribution in [-0.4, -0.2) is 17.5 Å². The molecule has 1 amide bonds.